The van der Waals surface area contributed by atoms with Crippen molar-refractivity contribution < 1.29 is 29.9 Å². The van der Waals surface area contributed by atoms with E-state index >= 15 is 0 Å². The van der Waals surface area contributed by atoms with Crippen molar-refractivity contribution in [1.29, 1.82) is 0 Å². The topological polar surface area (TPSA) is 127 Å². The van der Waals surface area contributed by atoms with Crippen molar-refractivity contribution in [3.05, 3.63) is 99.2 Å². The predicted octanol–water partition coefficient (Wildman–Crippen LogP) is 5.69. The number of carbonyl (C=O) groups is 1. The zero-order valence-electron chi connectivity index (χ0n) is 22.4. The summed E-state index contributed by atoms with van der Waals surface area (Å²) in [5.74, 6) is -1.06. The van der Waals surface area contributed by atoms with Crippen LogP contribution < -0.4 is 19.8 Å². The summed E-state index contributed by atoms with van der Waals surface area (Å²) in [6.07, 6.45) is 2.03. The molecule has 0 radical (unpaired) electrons. The smallest absolute Gasteiger partial charge is 0.270 e. The summed E-state index contributed by atoms with van der Waals surface area (Å²) in [5, 5.41) is 0. The van der Waals surface area contributed by atoms with E-state index in [2.05, 4.69) is 9.97 Å². The molecular formula is C29H32FN3O6S. The minimum Gasteiger partial charge on any atom is -0.494 e. The Morgan fingerprint density at radius 1 is 1.07 bits per heavy atom. The molecule has 2 aromatic heterocycles. The predicted molar refractivity (Wildman–Crippen MR) is 152 cm³/mol. The maximum Gasteiger partial charge on any atom is 0.270 e. The number of carbonyl (C=O) groups excluding carboxylic acids is 1. The van der Waals surface area contributed by atoms with Crippen molar-refractivity contribution in [1.82, 2.24) is 14.7 Å². The number of halogens is 1. The fourth-order valence-electron chi connectivity index (χ4n) is 4.13. The molecule has 2 aromatic carbocycles. The lowest BCUT2D eigenvalue weighted by Gasteiger charge is -2.16. The van der Waals surface area contributed by atoms with Crippen LogP contribution in [0.15, 0.2) is 70.5 Å². The Kier molecular flexibility index (Phi) is 8.34. The van der Waals surface area contributed by atoms with Crippen molar-refractivity contribution >= 4 is 15.9 Å². The number of pyridine rings is 2. The summed E-state index contributed by atoms with van der Waals surface area (Å²) >= 11 is 0. The summed E-state index contributed by atoms with van der Waals surface area (Å²) in [6, 6.07) is 13.1. The van der Waals surface area contributed by atoms with Gasteiger partial charge in [0.1, 0.15) is 22.9 Å². The van der Waals surface area contributed by atoms with Crippen molar-refractivity contribution in [2.45, 2.75) is 39.0 Å². The number of ether oxygens (including phenoxy) is 2. The summed E-state index contributed by atoms with van der Waals surface area (Å²) < 4.78 is 54.2. The Labute approximate surface area is 234 Å². The Morgan fingerprint density at radius 2 is 1.80 bits per heavy atom. The summed E-state index contributed by atoms with van der Waals surface area (Å²) in [7, 11) is -4.54. The van der Waals surface area contributed by atoms with E-state index in [-0.39, 0.29) is 25.6 Å². The number of amides is 1. The highest BCUT2D eigenvalue weighted by atomic mass is 32.2. The minimum atomic E-state index is -4.54. The number of sulfonamides is 1. The second-order valence-corrected chi connectivity index (χ2v) is 10.8. The van der Waals surface area contributed by atoms with E-state index < -0.39 is 32.2 Å². The number of aryl methyl sites for hydroxylation is 3. The van der Waals surface area contributed by atoms with Crippen LogP contribution in [-0.2, 0) is 10.0 Å². The van der Waals surface area contributed by atoms with Crippen LogP contribution in [0.5, 0.6) is 17.4 Å². The Bertz CT molecular complexity index is 1740. The normalized spacial score (nSPS) is 11.2. The maximum atomic E-state index is 14.9. The van der Waals surface area contributed by atoms with Gasteiger partial charge in [-0.2, -0.15) is 0 Å². The molecule has 11 heteroatoms. The van der Waals surface area contributed by atoms with E-state index in [0.717, 1.165) is 29.2 Å². The Hall–Kier alpha value is -4.51. The summed E-state index contributed by atoms with van der Waals surface area (Å²) in [5.41, 5.74) is 1.60. The van der Waals surface area contributed by atoms with Gasteiger partial charge in [0.25, 0.3) is 21.5 Å². The molecule has 0 fully saturated rings. The third-order valence-electron chi connectivity index (χ3n) is 5.89. The molecule has 0 atom stereocenters. The van der Waals surface area contributed by atoms with Crippen LogP contribution in [0.1, 0.15) is 43.2 Å². The second-order valence-electron chi connectivity index (χ2n) is 9.17. The van der Waals surface area contributed by atoms with Gasteiger partial charge < -0.3 is 14.5 Å². The average molecular weight is 570 g/mol. The van der Waals surface area contributed by atoms with E-state index in [1.165, 1.54) is 42.6 Å². The van der Waals surface area contributed by atoms with Crippen LogP contribution >= 0.6 is 0 Å². The second kappa shape index (κ2) is 11.7. The van der Waals surface area contributed by atoms with Crippen LogP contribution in [0.3, 0.4) is 0 Å². The van der Waals surface area contributed by atoms with E-state index in [9.17, 15) is 22.4 Å². The van der Waals surface area contributed by atoms with Gasteiger partial charge in [0.15, 0.2) is 4.90 Å². The lowest BCUT2D eigenvalue weighted by molar-refractivity contribution is 0.0978. The van der Waals surface area contributed by atoms with Crippen LogP contribution in [0.4, 0.5) is 4.39 Å². The minimum absolute atomic E-state index is 0. The third-order valence-corrected chi connectivity index (χ3v) is 7.25. The fourth-order valence-corrected chi connectivity index (χ4v) is 5.15. The van der Waals surface area contributed by atoms with Crippen molar-refractivity contribution in [3.8, 4) is 28.6 Å². The lowest BCUT2D eigenvalue weighted by Crippen LogP contribution is -2.34. The third kappa shape index (κ3) is 6.20. The van der Waals surface area contributed by atoms with Crippen LogP contribution in [0, 0.1) is 26.6 Å². The quantitative estimate of drug-likeness (QED) is 0.265. The standard InChI is InChI=1S/C29H28FN3O6S.2H2/c1-5-13-38-20-8-10-23(30)22(16-20)24-11-9-21(27(34)33-40(36,37)25-7-6-12-31-28(25)35)29(32-24)39-26-18(3)14-17(2)15-19(26)4;;/h6-12,14-16H,5,13H2,1-4H3,(H,31,35)(H,33,34);2*1H. The number of H-pyrrole nitrogens is 1. The molecule has 0 saturated heterocycles. The summed E-state index contributed by atoms with van der Waals surface area (Å²) in [4.78, 5) is 31.4. The van der Waals surface area contributed by atoms with E-state index in [4.69, 9.17) is 9.47 Å². The number of nitrogens with one attached hydrogen (secondary N) is 2. The van der Waals surface area contributed by atoms with Crippen LogP contribution in [-0.4, -0.2) is 30.9 Å². The first kappa shape index (κ1) is 28.5. The van der Waals surface area contributed by atoms with Gasteiger partial charge in [0, 0.05) is 14.6 Å². The molecule has 4 rings (SSSR count). The molecule has 0 aliphatic carbocycles. The SMILES string of the molecule is CCCOc1ccc(F)c(-c2ccc(C(=O)NS(=O)(=O)c3ccc[nH]c3=O)c(Oc3c(C)cc(C)cc3C)n2)c1.[HH].[HH]. The number of aromatic amines is 1. The first-order valence-corrected chi connectivity index (χ1v) is 13.9. The fraction of sp³-hybridized carbons (Fsp3) is 0.207. The molecule has 0 aliphatic rings. The highest BCUT2D eigenvalue weighted by Crippen LogP contribution is 2.34. The number of nitrogens with zero attached hydrogens (tertiary/aromatic N) is 1. The van der Waals surface area contributed by atoms with E-state index in [1.54, 1.807) is 0 Å². The van der Waals surface area contributed by atoms with Gasteiger partial charge in [-0.1, -0.05) is 24.6 Å². The van der Waals surface area contributed by atoms with Gasteiger partial charge in [0.05, 0.1) is 12.3 Å². The van der Waals surface area contributed by atoms with Gasteiger partial charge in [-0.15, -0.1) is 0 Å². The van der Waals surface area contributed by atoms with Crippen LogP contribution in [0.25, 0.3) is 11.3 Å². The molecule has 0 bridgehead atoms. The number of hydrogen-bond donors (Lipinski definition) is 2. The lowest BCUT2D eigenvalue weighted by atomic mass is 10.1. The molecule has 0 saturated carbocycles. The zero-order valence-corrected chi connectivity index (χ0v) is 23.2. The van der Waals surface area contributed by atoms with Crippen molar-refractivity contribution in [3.63, 3.8) is 0 Å². The molecule has 2 N–H and O–H groups in total. The van der Waals surface area contributed by atoms with Crippen LogP contribution in [0.2, 0.25) is 0 Å². The number of rotatable bonds is 9. The van der Waals surface area contributed by atoms with Gasteiger partial charge in [0.2, 0.25) is 5.88 Å². The Morgan fingerprint density at radius 3 is 2.48 bits per heavy atom. The van der Waals surface area contributed by atoms with Gasteiger partial charge in [-0.25, -0.2) is 22.5 Å². The molecule has 1 amide bonds. The van der Waals surface area contributed by atoms with Gasteiger partial charge in [-0.05, 0) is 80.8 Å². The zero-order chi connectivity index (χ0) is 29.0. The highest BCUT2D eigenvalue weighted by Gasteiger charge is 2.26. The number of benzene rings is 2. The maximum absolute atomic E-state index is 14.9. The number of aromatic nitrogens is 2. The largest absolute Gasteiger partial charge is 0.494 e. The highest BCUT2D eigenvalue weighted by molar-refractivity contribution is 7.90. The first-order valence-electron chi connectivity index (χ1n) is 12.4. The van der Waals surface area contributed by atoms with Gasteiger partial charge in [-0.3, -0.25) is 9.59 Å². The molecule has 0 unspecified atom stereocenters. The monoisotopic (exact) mass is 569 g/mol. The van der Waals surface area contributed by atoms with E-state index in [1.807, 2.05) is 44.5 Å². The molecule has 40 heavy (non-hydrogen) atoms. The van der Waals surface area contributed by atoms with Gasteiger partial charge >= 0.3 is 0 Å². The molecular weight excluding hydrogens is 537 g/mol. The number of hydrogen-bond acceptors (Lipinski definition) is 7. The van der Waals surface area contributed by atoms with Crippen molar-refractivity contribution in [2.75, 3.05) is 6.61 Å². The van der Waals surface area contributed by atoms with E-state index in [0.29, 0.717) is 18.1 Å². The Balaban J connectivity index is 0.00000308. The van der Waals surface area contributed by atoms with Crippen molar-refractivity contribution in [2.24, 2.45) is 0 Å². The average Bonchev–Trinajstić information content (AvgIpc) is 2.90. The molecule has 0 aliphatic heterocycles. The molecule has 212 valence electrons. The molecule has 2 heterocycles. The molecule has 9 nitrogen and oxygen atoms in total. The molecule has 4 aromatic rings. The summed E-state index contributed by atoms with van der Waals surface area (Å²) in [6.45, 7) is 7.95. The first-order chi connectivity index (χ1) is 19.0. The molecule has 0 spiro atoms.